The van der Waals surface area contributed by atoms with Crippen LogP contribution in [0.2, 0.25) is 5.02 Å². The predicted molar refractivity (Wildman–Crippen MR) is 112 cm³/mol. The Kier molecular flexibility index (Phi) is 6.61. The van der Waals surface area contributed by atoms with Crippen molar-refractivity contribution in [3.8, 4) is 11.5 Å². The van der Waals surface area contributed by atoms with Crippen molar-refractivity contribution in [1.82, 2.24) is 0 Å². The fourth-order valence-electron chi connectivity index (χ4n) is 2.74. The van der Waals surface area contributed by atoms with E-state index in [1.807, 2.05) is 43.3 Å². The van der Waals surface area contributed by atoms with E-state index in [0.717, 1.165) is 33.3 Å². The van der Waals surface area contributed by atoms with Crippen molar-refractivity contribution in [3.05, 3.63) is 88.4 Å². The first-order valence-electron chi connectivity index (χ1n) is 9.08. The van der Waals surface area contributed by atoms with Gasteiger partial charge in [0.25, 0.3) is 0 Å². The zero-order valence-electron chi connectivity index (χ0n) is 15.7. The van der Waals surface area contributed by atoms with Gasteiger partial charge in [0, 0.05) is 22.8 Å². The largest absolute Gasteiger partial charge is 0.490 e. The molecule has 0 aliphatic rings. The molecule has 140 valence electrons. The summed E-state index contributed by atoms with van der Waals surface area (Å²) in [5.41, 5.74) is 4.43. The number of hydrogen-bond acceptors (Lipinski definition) is 3. The summed E-state index contributed by atoms with van der Waals surface area (Å²) in [4.78, 5) is 0. The molecule has 3 rings (SSSR count). The van der Waals surface area contributed by atoms with Crippen LogP contribution in [0.1, 0.15) is 23.6 Å². The average Bonchev–Trinajstić information content (AvgIpc) is 2.68. The van der Waals surface area contributed by atoms with Crippen LogP contribution in [-0.2, 0) is 13.2 Å². The summed E-state index contributed by atoms with van der Waals surface area (Å²) < 4.78 is 11.9. The minimum Gasteiger partial charge on any atom is -0.490 e. The van der Waals surface area contributed by atoms with E-state index in [9.17, 15) is 0 Å². The molecule has 3 aromatic carbocycles. The van der Waals surface area contributed by atoms with Crippen molar-refractivity contribution in [2.45, 2.75) is 27.0 Å². The van der Waals surface area contributed by atoms with Gasteiger partial charge in [0.2, 0.25) is 0 Å². The second kappa shape index (κ2) is 9.33. The molecular formula is C23H24ClNO2. The molecule has 0 radical (unpaired) electrons. The molecule has 0 saturated heterocycles. The number of rotatable bonds is 8. The van der Waals surface area contributed by atoms with Crippen LogP contribution in [0.4, 0.5) is 5.69 Å². The van der Waals surface area contributed by atoms with Crippen LogP contribution >= 0.6 is 11.6 Å². The monoisotopic (exact) mass is 381 g/mol. The summed E-state index contributed by atoms with van der Waals surface area (Å²) in [7, 11) is 0. The van der Waals surface area contributed by atoms with Crippen LogP contribution < -0.4 is 14.8 Å². The highest BCUT2D eigenvalue weighted by Crippen LogP contribution is 2.33. The standard InChI is InChI=1S/C23H24ClNO2/c1-3-26-22-6-4-5-19(15-25-21-13-7-17(2)8-14-21)23(22)27-16-18-9-11-20(24)12-10-18/h4-14,25H,3,15-16H2,1-2H3. The van der Waals surface area contributed by atoms with E-state index < -0.39 is 0 Å². The summed E-state index contributed by atoms with van der Waals surface area (Å²) in [6, 6.07) is 22.0. The summed E-state index contributed by atoms with van der Waals surface area (Å²) in [6.45, 7) is 5.75. The van der Waals surface area contributed by atoms with Crippen molar-refractivity contribution in [2.24, 2.45) is 0 Å². The molecule has 0 aliphatic carbocycles. The summed E-state index contributed by atoms with van der Waals surface area (Å²) in [5, 5.41) is 4.17. The zero-order valence-corrected chi connectivity index (χ0v) is 16.4. The number of aryl methyl sites for hydroxylation is 1. The normalized spacial score (nSPS) is 10.5. The van der Waals surface area contributed by atoms with Crippen LogP contribution in [0.15, 0.2) is 66.7 Å². The molecule has 0 bridgehead atoms. The number of halogens is 1. The molecule has 3 aromatic rings. The lowest BCUT2D eigenvalue weighted by atomic mass is 10.1. The van der Waals surface area contributed by atoms with Crippen molar-refractivity contribution in [1.29, 1.82) is 0 Å². The van der Waals surface area contributed by atoms with Gasteiger partial charge in [-0.15, -0.1) is 0 Å². The first kappa shape index (κ1) is 19.1. The van der Waals surface area contributed by atoms with Crippen molar-refractivity contribution >= 4 is 17.3 Å². The van der Waals surface area contributed by atoms with Gasteiger partial charge in [-0.2, -0.15) is 0 Å². The van der Waals surface area contributed by atoms with E-state index in [-0.39, 0.29) is 0 Å². The molecular weight excluding hydrogens is 358 g/mol. The fourth-order valence-corrected chi connectivity index (χ4v) is 2.86. The fraction of sp³-hybridized carbons (Fsp3) is 0.217. The Hall–Kier alpha value is -2.65. The Labute approximate surface area is 165 Å². The maximum Gasteiger partial charge on any atom is 0.166 e. The molecule has 0 spiro atoms. The van der Waals surface area contributed by atoms with E-state index in [1.54, 1.807) is 0 Å². The van der Waals surface area contributed by atoms with Crippen LogP contribution in [0.3, 0.4) is 0 Å². The van der Waals surface area contributed by atoms with Crippen LogP contribution in [0, 0.1) is 6.92 Å². The molecule has 0 unspecified atom stereocenters. The van der Waals surface area contributed by atoms with Gasteiger partial charge in [-0.3, -0.25) is 0 Å². The third-order valence-corrected chi connectivity index (χ3v) is 4.44. The lowest BCUT2D eigenvalue weighted by molar-refractivity contribution is 0.267. The van der Waals surface area contributed by atoms with Gasteiger partial charge in [0.1, 0.15) is 6.61 Å². The first-order chi connectivity index (χ1) is 13.2. The second-order valence-corrected chi connectivity index (χ2v) is 6.75. The summed E-state index contributed by atoms with van der Waals surface area (Å²) in [6.07, 6.45) is 0. The average molecular weight is 382 g/mol. The maximum absolute atomic E-state index is 6.15. The Morgan fingerprint density at radius 3 is 2.33 bits per heavy atom. The summed E-state index contributed by atoms with van der Waals surface area (Å²) >= 11 is 5.96. The van der Waals surface area contributed by atoms with Crippen molar-refractivity contribution < 1.29 is 9.47 Å². The number of anilines is 1. The molecule has 0 aromatic heterocycles. The van der Waals surface area contributed by atoms with Gasteiger partial charge in [0.05, 0.1) is 6.61 Å². The van der Waals surface area contributed by atoms with E-state index in [4.69, 9.17) is 21.1 Å². The molecule has 0 aliphatic heterocycles. The number of para-hydroxylation sites is 1. The maximum atomic E-state index is 6.15. The SMILES string of the molecule is CCOc1cccc(CNc2ccc(C)cc2)c1OCc1ccc(Cl)cc1. The molecule has 27 heavy (non-hydrogen) atoms. The Balaban J connectivity index is 1.76. The first-order valence-corrected chi connectivity index (χ1v) is 9.46. The smallest absolute Gasteiger partial charge is 0.166 e. The lowest BCUT2D eigenvalue weighted by Crippen LogP contribution is -2.06. The van der Waals surface area contributed by atoms with Crippen LogP contribution in [0.5, 0.6) is 11.5 Å². The minimum atomic E-state index is 0.457. The Bertz CT molecular complexity index is 861. The molecule has 3 nitrogen and oxygen atoms in total. The summed E-state index contributed by atoms with van der Waals surface area (Å²) in [5.74, 6) is 1.53. The number of hydrogen-bond donors (Lipinski definition) is 1. The third kappa shape index (κ3) is 5.41. The Morgan fingerprint density at radius 1 is 0.889 bits per heavy atom. The highest BCUT2D eigenvalue weighted by atomic mass is 35.5. The van der Waals surface area contributed by atoms with Gasteiger partial charge in [-0.1, -0.05) is 53.6 Å². The zero-order chi connectivity index (χ0) is 19.1. The van der Waals surface area contributed by atoms with Gasteiger partial charge < -0.3 is 14.8 Å². The van der Waals surface area contributed by atoms with Gasteiger partial charge in [-0.25, -0.2) is 0 Å². The molecule has 4 heteroatoms. The van der Waals surface area contributed by atoms with Crippen LogP contribution in [-0.4, -0.2) is 6.61 Å². The van der Waals surface area contributed by atoms with Crippen molar-refractivity contribution in [3.63, 3.8) is 0 Å². The lowest BCUT2D eigenvalue weighted by Gasteiger charge is -2.17. The van der Waals surface area contributed by atoms with Gasteiger partial charge in [-0.05, 0) is 49.7 Å². The predicted octanol–water partition coefficient (Wildman–Crippen LogP) is 6.24. The Morgan fingerprint density at radius 2 is 1.63 bits per heavy atom. The number of ether oxygens (including phenoxy) is 2. The molecule has 1 N–H and O–H groups in total. The van der Waals surface area contributed by atoms with Gasteiger partial charge >= 0.3 is 0 Å². The van der Waals surface area contributed by atoms with E-state index in [2.05, 4.69) is 42.6 Å². The van der Waals surface area contributed by atoms with E-state index in [1.165, 1.54) is 5.56 Å². The molecule has 0 atom stereocenters. The quantitative estimate of drug-likeness (QED) is 0.501. The highest BCUT2D eigenvalue weighted by Gasteiger charge is 2.11. The highest BCUT2D eigenvalue weighted by molar-refractivity contribution is 6.30. The number of nitrogens with one attached hydrogen (secondary N) is 1. The van der Waals surface area contributed by atoms with E-state index in [0.29, 0.717) is 19.8 Å². The molecule has 0 saturated carbocycles. The van der Waals surface area contributed by atoms with Crippen molar-refractivity contribution in [2.75, 3.05) is 11.9 Å². The second-order valence-electron chi connectivity index (χ2n) is 6.31. The minimum absolute atomic E-state index is 0.457. The molecule has 0 amide bonds. The van der Waals surface area contributed by atoms with Crippen LogP contribution in [0.25, 0.3) is 0 Å². The van der Waals surface area contributed by atoms with Gasteiger partial charge in [0.15, 0.2) is 11.5 Å². The number of benzene rings is 3. The molecule has 0 heterocycles. The topological polar surface area (TPSA) is 30.5 Å². The van der Waals surface area contributed by atoms with E-state index >= 15 is 0 Å². The molecule has 0 fully saturated rings. The third-order valence-electron chi connectivity index (χ3n) is 4.19.